The Bertz CT molecular complexity index is 452. The van der Waals surface area contributed by atoms with Gasteiger partial charge in [-0.1, -0.05) is 18.2 Å². The zero-order valence-corrected chi connectivity index (χ0v) is 9.73. The second-order valence-electron chi connectivity index (χ2n) is 4.87. The number of nitrogens with one attached hydrogen (secondary N) is 1. The van der Waals surface area contributed by atoms with Crippen molar-refractivity contribution >= 4 is 0 Å². The molecule has 3 unspecified atom stereocenters. The normalized spacial score (nSPS) is 30.4. The summed E-state index contributed by atoms with van der Waals surface area (Å²) in [5.74, 6) is 0. The average molecular weight is 228 g/mol. The molecule has 3 heteroatoms. The Morgan fingerprint density at radius 3 is 2.94 bits per heavy atom. The van der Waals surface area contributed by atoms with E-state index < -0.39 is 0 Å². The molecule has 3 nitrogen and oxygen atoms in total. The molecule has 2 fully saturated rings. The fourth-order valence-corrected chi connectivity index (χ4v) is 2.88. The monoisotopic (exact) mass is 228 g/mol. The third-order valence-corrected chi connectivity index (χ3v) is 3.80. The highest BCUT2D eigenvalue weighted by Gasteiger charge is 2.40. The molecule has 2 aliphatic heterocycles. The first kappa shape index (κ1) is 10.8. The Morgan fingerprint density at radius 2 is 2.24 bits per heavy atom. The summed E-state index contributed by atoms with van der Waals surface area (Å²) in [6.07, 6.45) is 4.40. The number of benzene rings is 1. The molecule has 3 rings (SSSR count). The molecule has 17 heavy (non-hydrogen) atoms. The fraction of sp³-hybridized carbons (Fsp3) is 0.500. The van der Waals surface area contributed by atoms with Crippen LogP contribution in [-0.2, 0) is 11.3 Å². The number of hydrogen-bond acceptors (Lipinski definition) is 3. The zero-order chi connectivity index (χ0) is 11.7. The summed E-state index contributed by atoms with van der Waals surface area (Å²) >= 11 is 0. The van der Waals surface area contributed by atoms with Crippen molar-refractivity contribution in [3.8, 4) is 6.07 Å². The molecule has 2 aliphatic rings. The first-order valence-electron chi connectivity index (χ1n) is 6.23. The highest BCUT2D eigenvalue weighted by Crippen LogP contribution is 2.34. The molecule has 2 bridgehead atoms. The van der Waals surface area contributed by atoms with Crippen LogP contribution in [0.4, 0.5) is 0 Å². The summed E-state index contributed by atoms with van der Waals surface area (Å²) in [6.45, 7) is 0.765. The van der Waals surface area contributed by atoms with Gasteiger partial charge in [-0.2, -0.15) is 5.26 Å². The second-order valence-corrected chi connectivity index (χ2v) is 4.87. The summed E-state index contributed by atoms with van der Waals surface area (Å²) in [6, 6.07) is 10.5. The van der Waals surface area contributed by atoms with Crippen LogP contribution in [0.15, 0.2) is 24.3 Å². The minimum Gasteiger partial charge on any atom is -0.373 e. The molecule has 0 saturated carbocycles. The van der Waals surface area contributed by atoms with Crippen LogP contribution in [0.1, 0.15) is 30.4 Å². The molecular weight excluding hydrogens is 212 g/mol. The fourth-order valence-electron chi connectivity index (χ4n) is 2.88. The number of ether oxygens (including phenoxy) is 1. The second kappa shape index (κ2) is 4.48. The van der Waals surface area contributed by atoms with Gasteiger partial charge in [-0.25, -0.2) is 0 Å². The lowest BCUT2D eigenvalue weighted by Gasteiger charge is -2.20. The van der Waals surface area contributed by atoms with Crippen LogP contribution < -0.4 is 5.32 Å². The molecule has 88 valence electrons. The van der Waals surface area contributed by atoms with E-state index in [2.05, 4.69) is 11.4 Å². The van der Waals surface area contributed by atoms with Gasteiger partial charge in [0.1, 0.15) is 0 Å². The lowest BCUT2D eigenvalue weighted by Crippen LogP contribution is -2.37. The van der Waals surface area contributed by atoms with Gasteiger partial charge in [0.25, 0.3) is 0 Å². The number of fused-ring (bicyclic) bond motifs is 2. The minimum absolute atomic E-state index is 0.397. The molecule has 2 saturated heterocycles. The van der Waals surface area contributed by atoms with Crippen molar-refractivity contribution in [1.82, 2.24) is 5.32 Å². The van der Waals surface area contributed by atoms with Crippen molar-refractivity contribution in [2.75, 3.05) is 0 Å². The molecular formula is C14H16N2O. The predicted molar refractivity (Wildman–Crippen MR) is 64.3 cm³/mol. The van der Waals surface area contributed by atoms with Crippen LogP contribution in [0.5, 0.6) is 0 Å². The number of nitrogens with zero attached hydrogens (tertiary/aromatic N) is 1. The SMILES string of the molecule is N#Cc1ccccc1CNC1CC2CCC1O2. The van der Waals surface area contributed by atoms with Gasteiger partial charge < -0.3 is 10.1 Å². The van der Waals surface area contributed by atoms with Crippen LogP contribution in [0.3, 0.4) is 0 Å². The number of rotatable bonds is 3. The quantitative estimate of drug-likeness (QED) is 0.860. The van der Waals surface area contributed by atoms with E-state index in [0.29, 0.717) is 18.2 Å². The Hall–Kier alpha value is -1.37. The summed E-state index contributed by atoms with van der Waals surface area (Å²) in [5.41, 5.74) is 1.85. The van der Waals surface area contributed by atoms with Gasteiger partial charge in [0.05, 0.1) is 23.8 Å². The van der Waals surface area contributed by atoms with Crippen LogP contribution in [0, 0.1) is 11.3 Å². The van der Waals surface area contributed by atoms with Crippen molar-refractivity contribution in [3.63, 3.8) is 0 Å². The van der Waals surface area contributed by atoms with Gasteiger partial charge in [0.15, 0.2) is 0 Å². The molecule has 1 aromatic rings. The largest absolute Gasteiger partial charge is 0.373 e. The lowest BCUT2D eigenvalue weighted by atomic mass is 9.95. The standard InChI is InChI=1S/C14H16N2O/c15-8-10-3-1-2-4-11(10)9-16-13-7-12-5-6-14(13)17-12/h1-4,12-14,16H,5-7,9H2. The molecule has 0 aromatic heterocycles. The minimum atomic E-state index is 0.397. The van der Waals surface area contributed by atoms with Gasteiger partial charge in [-0.15, -0.1) is 0 Å². The van der Waals surface area contributed by atoms with Gasteiger partial charge in [0, 0.05) is 12.6 Å². The third kappa shape index (κ3) is 2.06. The molecule has 1 aromatic carbocycles. The third-order valence-electron chi connectivity index (χ3n) is 3.80. The first-order valence-corrected chi connectivity index (χ1v) is 6.23. The summed E-state index contributed by atoms with van der Waals surface area (Å²) in [5, 5.41) is 12.5. The van der Waals surface area contributed by atoms with E-state index in [9.17, 15) is 0 Å². The van der Waals surface area contributed by atoms with E-state index in [4.69, 9.17) is 10.00 Å². The Labute approximate surface area is 101 Å². The van der Waals surface area contributed by atoms with Gasteiger partial charge >= 0.3 is 0 Å². The lowest BCUT2D eigenvalue weighted by molar-refractivity contribution is 0.0973. The number of nitriles is 1. The van der Waals surface area contributed by atoms with Crippen LogP contribution in [0.25, 0.3) is 0 Å². The Balaban J connectivity index is 1.63. The van der Waals surface area contributed by atoms with E-state index in [1.54, 1.807) is 0 Å². The van der Waals surface area contributed by atoms with Crippen molar-refractivity contribution < 1.29 is 4.74 Å². The van der Waals surface area contributed by atoms with Gasteiger partial charge in [0.2, 0.25) is 0 Å². The Morgan fingerprint density at radius 1 is 1.35 bits per heavy atom. The molecule has 0 radical (unpaired) electrons. The first-order chi connectivity index (χ1) is 8.36. The zero-order valence-electron chi connectivity index (χ0n) is 9.73. The van der Waals surface area contributed by atoms with E-state index in [-0.39, 0.29) is 0 Å². The van der Waals surface area contributed by atoms with Crippen molar-refractivity contribution in [1.29, 1.82) is 5.26 Å². The van der Waals surface area contributed by atoms with Crippen molar-refractivity contribution in [3.05, 3.63) is 35.4 Å². The predicted octanol–water partition coefficient (Wildman–Crippen LogP) is 1.97. The highest BCUT2D eigenvalue weighted by atomic mass is 16.5. The summed E-state index contributed by atoms with van der Waals surface area (Å²) < 4.78 is 5.80. The maximum absolute atomic E-state index is 9.01. The maximum Gasteiger partial charge on any atom is 0.0995 e. The van der Waals surface area contributed by atoms with Crippen LogP contribution in [0.2, 0.25) is 0 Å². The van der Waals surface area contributed by atoms with E-state index in [1.807, 2.05) is 24.3 Å². The summed E-state index contributed by atoms with van der Waals surface area (Å²) in [4.78, 5) is 0. The molecule has 1 N–H and O–H groups in total. The molecule has 0 amide bonds. The molecule has 0 aliphatic carbocycles. The number of hydrogen-bond donors (Lipinski definition) is 1. The molecule has 2 heterocycles. The smallest absolute Gasteiger partial charge is 0.0995 e. The van der Waals surface area contributed by atoms with E-state index in [1.165, 1.54) is 12.8 Å². The van der Waals surface area contributed by atoms with Crippen molar-refractivity contribution in [2.45, 2.75) is 44.1 Å². The van der Waals surface area contributed by atoms with Gasteiger partial charge in [-0.05, 0) is 30.9 Å². The molecule has 0 spiro atoms. The molecule has 3 atom stereocenters. The van der Waals surface area contributed by atoms with Crippen LogP contribution >= 0.6 is 0 Å². The summed E-state index contributed by atoms with van der Waals surface area (Å²) in [7, 11) is 0. The topological polar surface area (TPSA) is 45.0 Å². The van der Waals surface area contributed by atoms with Crippen molar-refractivity contribution in [2.24, 2.45) is 0 Å². The van der Waals surface area contributed by atoms with Crippen LogP contribution in [-0.4, -0.2) is 18.2 Å². The van der Waals surface area contributed by atoms with Gasteiger partial charge in [-0.3, -0.25) is 0 Å². The average Bonchev–Trinajstić information content (AvgIpc) is 2.98. The Kier molecular flexibility index (Phi) is 2.84. The maximum atomic E-state index is 9.01. The highest BCUT2D eigenvalue weighted by molar-refractivity contribution is 5.37. The van der Waals surface area contributed by atoms with E-state index in [0.717, 1.165) is 24.1 Å². The van der Waals surface area contributed by atoms with E-state index >= 15 is 0 Å².